The number of hydrazone groups is 1. The van der Waals surface area contributed by atoms with Crippen LogP contribution in [0.1, 0.15) is 23.6 Å². The van der Waals surface area contributed by atoms with Gasteiger partial charge in [0, 0.05) is 5.56 Å². The van der Waals surface area contributed by atoms with Gasteiger partial charge in [-0.3, -0.25) is 0 Å². The van der Waals surface area contributed by atoms with Gasteiger partial charge in [-0.2, -0.15) is 13.5 Å². The van der Waals surface area contributed by atoms with Gasteiger partial charge in [-0.25, -0.2) is 4.83 Å². The van der Waals surface area contributed by atoms with Crippen molar-refractivity contribution in [3.63, 3.8) is 0 Å². The second-order valence-electron chi connectivity index (χ2n) is 5.09. The molecule has 2 aromatic rings. The number of sulfonamides is 1. The minimum atomic E-state index is -3.70. The second-order valence-corrected chi connectivity index (χ2v) is 6.72. The third-order valence-electron chi connectivity index (χ3n) is 3.23. The van der Waals surface area contributed by atoms with Crippen LogP contribution in [0.2, 0.25) is 0 Å². The largest absolute Gasteiger partial charge is 0.493 e. The van der Waals surface area contributed by atoms with E-state index in [0.717, 1.165) is 5.56 Å². The zero-order chi connectivity index (χ0) is 16.9. The van der Waals surface area contributed by atoms with Crippen LogP contribution in [0.4, 0.5) is 0 Å². The van der Waals surface area contributed by atoms with E-state index in [-0.39, 0.29) is 4.90 Å². The summed E-state index contributed by atoms with van der Waals surface area (Å²) in [7, 11) is -3.70. The molecular weight excluding hydrogens is 312 g/mol. The molecule has 0 saturated carbocycles. The Labute approximate surface area is 137 Å². The third-order valence-corrected chi connectivity index (χ3v) is 4.59. The van der Waals surface area contributed by atoms with Crippen molar-refractivity contribution in [3.8, 4) is 5.75 Å². The van der Waals surface area contributed by atoms with Gasteiger partial charge in [-0.1, -0.05) is 24.3 Å². The van der Waals surface area contributed by atoms with Crippen LogP contribution in [0.15, 0.2) is 52.5 Å². The number of nitrogens with one attached hydrogen (secondary N) is 1. The summed E-state index contributed by atoms with van der Waals surface area (Å²) in [5.74, 6) is 0.657. The maximum absolute atomic E-state index is 12.3. The van der Waals surface area contributed by atoms with E-state index in [4.69, 9.17) is 4.74 Å². The topological polar surface area (TPSA) is 67.8 Å². The highest BCUT2D eigenvalue weighted by Gasteiger charge is 2.15. The van der Waals surface area contributed by atoms with E-state index in [9.17, 15) is 8.42 Å². The zero-order valence-corrected chi connectivity index (χ0v) is 14.2. The molecule has 23 heavy (non-hydrogen) atoms. The van der Waals surface area contributed by atoms with Gasteiger partial charge in [0.05, 0.1) is 17.7 Å². The quantitative estimate of drug-likeness (QED) is 0.653. The van der Waals surface area contributed by atoms with E-state index in [1.807, 2.05) is 38.1 Å². The molecule has 2 rings (SSSR count). The predicted octanol–water partition coefficient (Wildman–Crippen LogP) is 3.01. The molecular formula is C17H20N2O3S. The molecule has 1 N–H and O–H groups in total. The van der Waals surface area contributed by atoms with Crippen molar-refractivity contribution in [1.29, 1.82) is 0 Å². The van der Waals surface area contributed by atoms with Crippen LogP contribution in [0.3, 0.4) is 0 Å². The Bertz CT molecular complexity index is 814. The molecule has 0 saturated heterocycles. The fourth-order valence-corrected chi connectivity index (χ4v) is 3.21. The minimum Gasteiger partial charge on any atom is -0.493 e. The molecule has 0 unspecified atom stereocenters. The Morgan fingerprint density at radius 3 is 2.65 bits per heavy atom. The number of hydrogen-bond donors (Lipinski definition) is 1. The van der Waals surface area contributed by atoms with Crippen molar-refractivity contribution >= 4 is 16.2 Å². The molecule has 122 valence electrons. The summed E-state index contributed by atoms with van der Waals surface area (Å²) in [6.45, 7) is 6.01. The van der Waals surface area contributed by atoms with Crippen molar-refractivity contribution in [2.75, 3.05) is 6.61 Å². The first-order valence-corrected chi connectivity index (χ1v) is 8.76. The van der Waals surface area contributed by atoms with Crippen LogP contribution in [0.5, 0.6) is 5.75 Å². The van der Waals surface area contributed by atoms with Crippen LogP contribution < -0.4 is 9.57 Å². The summed E-state index contributed by atoms with van der Waals surface area (Å²) < 4.78 is 30.2. The molecule has 0 aliphatic heterocycles. The van der Waals surface area contributed by atoms with Gasteiger partial charge >= 0.3 is 0 Å². The SMILES string of the molecule is CCOc1ccccc1/C=N\NS(=O)(=O)c1cc(C)ccc1C. The van der Waals surface area contributed by atoms with Gasteiger partial charge in [-0.15, -0.1) is 0 Å². The van der Waals surface area contributed by atoms with Crippen LogP contribution in [0, 0.1) is 13.8 Å². The van der Waals surface area contributed by atoms with Gasteiger partial charge in [0.15, 0.2) is 0 Å². The number of ether oxygens (including phenoxy) is 1. The number of nitrogens with zero attached hydrogens (tertiary/aromatic N) is 1. The predicted molar refractivity (Wildman–Crippen MR) is 91.4 cm³/mol. The van der Waals surface area contributed by atoms with E-state index < -0.39 is 10.0 Å². The van der Waals surface area contributed by atoms with E-state index in [1.165, 1.54) is 6.21 Å². The Morgan fingerprint density at radius 1 is 1.17 bits per heavy atom. The summed E-state index contributed by atoms with van der Waals surface area (Å²) in [4.78, 5) is 2.48. The van der Waals surface area contributed by atoms with E-state index in [0.29, 0.717) is 23.5 Å². The van der Waals surface area contributed by atoms with Crippen LogP contribution in [0.25, 0.3) is 0 Å². The lowest BCUT2D eigenvalue weighted by atomic mass is 10.2. The molecule has 0 aliphatic carbocycles. The zero-order valence-electron chi connectivity index (χ0n) is 13.4. The summed E-state index contributed by atoms with van der Waals surface area (Å²) >= 11 is 0. The smallest absolute Gasteiger partial charge is 0.276 e. The molecule has 0 bridgehead atoms. The lowest BCUT2D eigenvalue weighted by molar-refractivity contribution is 0.340. The summed E-state index contributed by atoms with van der Waals surface area (Å²) in [6, 6.07) is 12.6. The van der Waals surface area contributed by atoms with Crippen molar-refractivity contribution in [2.24, 2.45) is 5.10 Å². The first kappa shape index (κ1) is 17.0. The molecule has 6 heteroatoms. The molecule has 0 heterocycles. The number of aryl methyl sites for hydroxylation is 2. The highest BCUT2D eigenvalue weighted by Crippen LogP contribution is 2.17. The number of hydrogen-bond acceptors (Lipinski definition) is 4. The average Bonchev–Trinajstić information content (AvgIpc) is 2.51. The maximum atomic E-state index is 12.3. The fraction of sp³-hybridized carbons (Fsp3) is 0.235. The van der Waals surface area contributed by atoms with Crippen molar-refractivity contribution in [3.05, 3.63) is 59.2 Å². The molecule has 0 aromatic heterocycles. The van der Waals surface area contributed by atoms with Gasteiger partial charge in [0.2, 0.25) is 0 Å². The number of rotatable bonds is 6. The molecule has 0 radical (unpaired) electrons. The van der Waals surface area contributed by atoms with Crippen molar-refractivity contribution < 1.29 is 13.2 Å². The van der Waals surface area contributed by atoms with Gasteiger partial charge < -0.3 is 4.74 Å². The molecule has 0 amide bonds. The first-order valence-electron chi connectivity index (χ1n) is 7.28. The van der Waals surface area contributed by atoms with Crippen LogP contribution >= 0.6 is 0 Å². The number of benzene rings is 2. The highest BCUT2D eigenvalue weighted by molar-refractivity contribution is 7.89. The van der Waals surface area contributed by atoms with Gasteiger partial charge in [0.25, 0.3) is 10.0 Å². The summed E-state index contributed by atoms with van der Waals surface area (Å²) in [6.07, 6.45) is 1.44. The molecule has 0 aliphatic rings. The van der Waals surface area contributed by atoms with Crippen LogP contribution in [-0.4, -0.2) is 21.2 Å². The molecule has 2 aromatic carbocycles. The van der Waals surface area contributed by atoms with E-state index >= 15 is 0 Å². The van der Waals surface area contributed by atoms with Crippen molar-refractivity contribution in [2.45, 2.75) is 25.7 Å². The summed E-state index contributed by atoms with van der Waals surface area (Å²) in [5, 5.41) is 3.86. The normalized spacial score (nSPS) is 11.6. The minimum absolute atomic E-state index is 0.229. The van der Waals surface area contributed by atoms with Crippen LogP contribution in [-0.2, 0) is 10.0 Å². The Morgan fingerprint density at radius 2 is 1.91 bits per heavy atom. The van der Waals surface area contributed by atoms with Crippen molar-refractivity contribution in [1.82, 2.24) is 4.83 Å². The van der Waals surface area contributed by atoms with Gasteiger partial charge in [-0.05, 0) is 50.1 Å². The third kappa shape index (κ3) is 4.32. The molecule has 0 fully saturated rings. The fourth-order valence-electron chi connectivity index (χ4n) is 2.09. The van der Waals surface area contributed by atoms with E-state index in [1.54, 1.807) is 25.1 Å². The number of para-hydroxylation sites is 1. The van der Waals surface area contributed by atoms with E-state index in [2.05, 4.69) is 9.93 Å². The Hall–Kier alpha value is -2.34. The lowest BCUT2D eigenvalue weighted by Gasteiger charge is -2.08. The molecule has 5 nitrogen and oxygen atoms in total. The highest BCUT2D eigenvalue weighted by atomic mass is 32.2. The second kappa shape index (κ2) is 7.28. The monoisotopic (exact) mass is 332 g/mol. The summed E-state index contributed by atoms with van der Waals surface area (Å²) in [5.41, 5.74) is 2.26. The lowest BCUT2D eigenvalue weighted by Crippen LogP contribution is -2.19. The average molecular weight is 332 g/mol. The molecule has 0 spiro atoms. The molecule has 0 atom stereocenters. The Kier molecular flexibility index (Phi) is 5.39. The van der Waals surface area contributed by atoms with Gasteiger partial charge in [0.1, 0.15) is 5.75 Å². The first-order chi connectivity index (χ1) is 10.9. The maximum Gasteiger partial charge on any atom is 0.276 e. The Balaban J connectivity index is 2.21. The standard InChI is InChI=1S/C17H20N2O3S/c1-4-22-16-8-6-5-7-15(16)12-18-19-23(20,21)17-11-13(2)9-10-14(17)3/h5-12,19H,4H2,1-3H3/b18-12-.